The third kappa shape index (κ3) is 3.65. The van der Waals surface area contributed by atoms with Crippen molar-refractivity contribution in [3.63, 3.8) is 0 Å². The number of furan rings is 1. The standard InChI is InChI=1S/C42H26O/c1-2-13-27(14-3-1)40-31-17-6-8-19-33(31)41(34-20-9-7-18-32(34)40)29-25-28-15-4-5-16-30(28)37(26-29)35-22-12-24-39-42(35)36-21-10-11-23-38(36)43-39/h1-26H/i1D,2D,3D,13D,14D. The van der Waals surface area contributed by atoms with Crippen molar-refractivity contribution in [1.82, 2.24) is 0 Å². The highest BCUT2D eigenvalue weighted by molar-refractivity contribution is 6.23. The summed E-state index contributed by atoms with van der Waals surface area (Å²) in [6, 6.07) is 41.7. The van der Waals surface area contributed by atoms with Crippen molar-refractivity contribution in [3.8, 4) is 33.4 Å². The van der Waals surface area contributed by atoms with Crippen molar-refractivity contribution in [2.24, 2.45) is 0 Å². The molecule has 0 bridgehead atoms. The van der Waals surface area contributed by atoms with E-state index in [4.69, 9.17) is 11.3 Å². The Morgan fingerprint density at radius 1 is 0.419 bits per heavy atom. The van der Waals surface area contributed by atoms with Gasteiger partial charge >= 0.3 is 0 Å². The third-order valence-electron chi connectivity index (χ3n) is 8.52. The maximum atomic E-state index is 8.88. The molecule has 0 amide bonds. The minimum Gasteiger partial charge on any atom is -0.456 e. The van der Waals surface area contributed by atoms with E-state index in [1.807, 2.05) is 66.7 Å². The maximum Gasteiger partial charge on any atom is 0.136 e. The Kier molecular flexibility index (Phi) is 4.27. The molecule has 0 radical (unpaired) electrons. The lowest BCUT2D eigenvalue weighted by atomic mass is 9.84. The van der Waals surface area contributed by atoms with Crippen LogP contribution in [0.5, 0.6) is 0 Å². The van der Waals surface area contributed by atoms with Gasteiger partial charge in [-0.3, -0.25) is 0 Å². The predicted octanol–water partition coefficient (Wildman–Crippen LogP) is 12.0. The van der Waals surface area contributed by atoms with Crippen LogP contribution in [0.25, 0.3) is 87.6 Å². The molecule has 9 aromatic rings. The highest BCUT2D eigenvalue weighted by Crippen LogP contribution is 2.46. The summed E-state index contributed by atoms with van der Waals surface area (Å²) < 4.78 is 49.1. The van der Waals surface area contributed by atoms with Gasteiger partial charge in [-0.1, -0.05) is 133 Å². The summed E-state index contributed by atoms with van der Waals surface area (Å²) in [6.07, 6.45) is 0. The van der Waals surface area contributed by atoms with Crippen LogP contribution in [-0.4, -0.2) is 0 Å². The average molecular weight is 552 g/mol. The van der Waals surface area contributed by atoms with E-state index in [0.29, 0.717) is 5.56 Å². The number of rotatable bonds is 3. The first-order valence-corrected chi connectivity index (χ1v) is 14.4. The quantitative estimate of drug-likeness (QED) is 0.199. The smallest absolute Gasteiger partial charge is 0.136 e. The van der Waals surface area contributed by atoms with Crippen LogP contribution < -0.4 is 0 Å². The molecule has 0 aliphatic heterocycles. The van der Waals surface area contributed by atoms with Gasteiger partial charge < -0.3 is 4.42 Å². The molecule has 9 rings (SSSR count). The zero-order valence-electron chi connectivity index (χ0n) is 28.0. The molecule has 1 aromatic heterocycles. The van der Waals surface area contributed by atoms with Gasteiger partial charge in [0.15, 0.2) is 0 Å². The van der Waals surface area contributed by atoms with Crippen LogP contribution in [0, 0.1) is 0 Å². The summed E-state index contributed by atoms with van der Waals surface area (Å²) in [5.74, 6) is 0. The number of benzene rings is 8. The Balaban J connectivity index is 1.42. The second-order valence-electron chi connectivity index (χ2n) is 10.9. The van der Waals surface area contributed by atoms with E-state index in [9.17, 15) is 0 Å². The first-order chi connectivity index (χ1) is 23.4. The first-order valence-electron chi connectivity index (χ1n) is 16.9. The molecule has 8 aromatic carbocycles. The van der Waals surface area contributed by atoms with Crippen molar-refractivity contribution < 1.29 is 11.3 Å². The number of fused-ring (bicyclic) bond motifs is 6. The van der Waals surface area contributed by atoms with E-state index in [1.54, 1.807) is 0 Å². The van der Waals surface area contributed by atoms with Gasteiger partial charge in [0.25, 0.3) is 0 Å². The van der Waals surface area contributed by atoms with Gasteiger partial charge in [-0.25, -0.2) is 0 Å². The summed E-state index contributed by atoms with van der Waals surface area (Å²) in [6.45, 7) is 0. The lowest BCUT2D eigenvalue weighted by Gasteiger charge is -2.19. The van der Waals surface area contributed by atoms with E-state index >= 15 is 0 Å². The molecule has 0 N–H and O–H groups in total. The molecule has 0 aliphatic carbocycles. The average Bonchev–Trinajstić information content (AvgIpc) is 3.51. The molecule has 200 valence electrons. The fourth-order valence-corrected chi connectivity index (χ4v) is 6.76. The predicted molar refractivity (Wildman–Crippen MR) is 183 cm³/mol. The van der Waals surface area contributed by atoms with Gasteiger partial charge in [0, 0.05) is 10.8 Å². The Morgan fingerprint density at radius 3 is 1.67 bits per heavy atom. The van der Waals surface area contributed by atoms with E-state index in [2.05, 4.69) is 60.7 Å². The summed E-state index contributed by atoms with van der Waals surface area (Å²) in [5.41, 5.74) is 6.74. The van der Waals surface area contributed by atoms with E-state index in [1.165, 1.54) is 0 Å². The molecule has 0 aliphatic rings. The van der Waals surface area contributed by atoms with E-state index in [-0.39, 0.29) is 29.7 Å². The topological polar surface area (TPSA) is 13.1 Å². The van der Waals surface area contributed by atoms with Crippen molar-refractivity contribution in [3.05, 3.63) is 158 Å². The minimum absolute atomic E-state index is 0.206. The minimum atomic E-state index is -0.400. The molecule has 43 heavy (non-hydrogen) atoms. The zero-order chi connectivity index (χ0) is 32.7. The van der Waals surface area contributed by atoms with Crippen molar-refractivity contribution in [2.75, 3.05) is 0 Å². The van der Waals surface area contributed by atoms with Crippen LogP contribution in [0.1, 0.15) is 6.85 Å². The fourth-order valence-electron chi connectivity index (χ4n) is 6.76. The summed E-state index contributed by atoms with van der Waals surface area (Å²) in [5, 5.41) is 7.88. The Morgan fingerprint density at radius 2 is 0.977 bits per heavy atom. The van der Waals surface area contributed by atoms with Crippen LogP contribution >= 0.6 is 0 Å². The summed E-state index contributed by atoms with van der Waals surface area (Å²) in [7, 11) is 0. The van der Waals surface area contributed by atoms with Gasteiger partial charge in [0.1, 0.15) is 11.2 Å². The van der Waals surface area contributed by atoms with Crippen molar-refractivity contribution in [2.45, 2.75) is 0 Å². The van der Waals surface area contributed by atoms with Crippen molar-refractivity contribution >= 4 is 54.3 Å². The van der Waals surface area contributed by atoms with Crippen LogP contribution in [-0.2, 0) is 0 Å². The molecular formula is C42H26O. The van der Waals surface area contributed by atoms with Crippen LogP contribution in [0.2, 0.25) is 0 Å². The van der Waals surface area contributed by atoms with Crippen LogP contribution in [0.4, 0.5) is 0 Å². The molecule has 1 heterocycles. The van der Waals surface area contributed by atoms with Gasteiger partial charge in [0.05, 0.1) is 6.85 Å². The second-order valence-corrected chi connectivity index (χ2v) is 10.9. The number of hydrogen-bond acceptors (Lipinski definition) is 1. The number of hydrogen-bond donors (Lipinski definition) is 0. The molecule has 0 saturated heterocycles. The van der Waals surface area contributed by atoms with Gasteiger partial charge in [0.2, 0.25) is 0 Å². The molecule has 0 saturated carbocycles. The molecule has 0 fully saturated rings. The monoisotopic (exact) mass is 551 g/mol. The molecule has 1 nitrogen and oxygen atoms in total. The molecule has 1 heteroatoms. The summed E-state index contributed by atoms with van der Waals surface area (Å²) in [4.78, 5) is 0. The lowest BCUT2D eigenvalue weighted by molar-refractivity contribution is 0.669. The summed E-state index contributed by atoms with van der Waals surface area (Å²) >= 11 is 0. The van der Waals surface area contributed by atoms with Gasteiger partial charge in [-0.05, 0) is 90.0 Å². The van der Waals surface area contributed by atoms with E-state index in [0.717, 1.165) is 76.5 Å². The Bertz CT molecular complexity index is 2710. The van der Waals surface area contributed by atoms with E-state index < -0.39 is 6.04 Å². The Hall–Kier alpha value is -5.66. The van der Waals surface area contributed by atoms with Crippen LogP contribution in [0.3, 0.4) is 0 Å². The SMILES string of the molecule is [2H]c1c([2H])c([2H])c(-c2c3ccccc3c(-c3cc(-c4cccc5oc6ccccc6c45)c4ccccc4c3)c3ccccc23)c([2H])c1[2H]. The second kappa shape index (κ2) is 9.44. The van der Waals surface area contributed by atoms with Crippen LogP contribution in [0.15, 0.2) is 162 Å². The van der Waals surface area contributed by atoms with Crippen molar-refractivity contribution in [1.29, 1.82) is 0 Å². The molecule has 0 spiro atoms. The largest absolute Gasteiger partial charge is 0.456 e. The fraction of sp³-hybridized carbons (Fsp3) is 0. The molecule has 0 atom stereocenters. The third-order valence-corrected chi connectivity index (χ3v) is 8.52. The Labute approximate surface area is 256 Å². The first kappa shape index (κ1) is 19.5. The van der Waals surface area contributed by atoms with Gasteiger partial charge in [-0.2, -0.15) is 0 Å². The molecule has 0 unspecified atom stereocenters. The lowest BCUT2D eigenvalue weighted by Crippen LogP contribution is -1.92. The molecular weight excluding hydrogens is 520 g/mol. The maximum absolute atomic E-state index is 8.88. The zero-order valence-corrected chi connectivity index (χ0v) is 23.0. The normalized spacial score (nSPS) is 13.3. The number of para-hydroxylation sites is 1. The highest BCUT2D eigenvalue weighted by atomic mass is 16.3. The van der Waals surface area contributed by atoms with Gasteiger partial charge in [-0.15, -0.1) is 0 Å². The highest BCUT2D eigenvalue weighted by Gasteiger charge is 2.19.